The highest BCUT2D eigenvalue weighted by molar-refractivity contribution is 5.14. The van der Waals surface area contributed by atoms with Crippen molar-refractivity contribution in [2.45, 2.75) is 38.8 Å². The first-order valence-corrected chi connectivity index (χ1v) is 7.89. The second kappa shape index (κ2) is 7.21. The van der Waals surface area contributed by atoms with E-state index >= 15 is 0 Å². The second-order valence-corrected chi connectivity index (χ2v) is 6.20. The van der Waals surface area contributed by atoms with E-state index in [-0.39, 0.29) is 5.54 Å². The van der Waals surface area contributed by atoms with Gasteiger partial charge in [0.2, 0.25) is 0 Å². The zero-order chi connectivity index (χ0) is 14.4. The Morgan fingerprint density at radius 1 is 1.10 bits per heavy atom. The first-order chi connectivity index (χ1) is 9.68. The molecular weight excluding hydrogens is 246 g/mol. The van der Waals surface area contributed by atoms with Crippen molar-refractivity contribution in [1.82, 2.24) is 9.80 Å². The molecule has 20 heavy (non-hydrogen) atoms. The van der Waals surface area contributed by atoms with Gasteiger partial charge in [0.15, 0.2) is 0 Å². The Morgan fingerprint density at radius 3 is 2.30 bits per heavy atom. The van der Waals surface area contributed by atoms with Crippen LogP contribution in [0.3, 0.4) is 0 Å². The maximum absolute atomic E-state index is 6.03. The van der Waals surface area contributed by atoms with E-state index in [0.717, 1.165) is 39.3 Å². The van der Waals surface area contributed by atoms with Gasteiger partial charge in [-0.25, -0.2) is 0 Å². The van der Waals surface area contributed by atoms with E-state index in [9.17, 15) is 0 Å². The van der Waals surface area contributed by atoms with Crippen LogP contribution in [0.1, 0.15) is 32.3 Å². The highest BCUT2D eigenvalue weighted by atomic mass is 15.3. The van der Waals surface area contributed by atoms with Gasteiger partial charge < -0.3 is 5.73 Å². The summed E-state index contributed by atoms with van der Waals surface area (Å²) in [5, 5.41) is 0. The summed E-state index contributed by atoms with van der Waals surface area (Å²) in [6, 6.07) is 10.8. The van der Waals surface area contributed by atoms with Gasteiger partial charge in [0, 0.05) is 44.8 Å². The van der Waals surface area contributed by atoms with Crippen LogP contribution >= 0.6 is 0 Å². The van der Waals surface area contributed by atoms with Gasteiger partial charge in [-0.2, -0.15) is 0 Å². The van der Waals surface area contributed by atoms with Crippen LogP contribution in [0.2, 0.25) is 0 Å². The lowest BCUT2D eigenvalue weighted by Gasteiger charge is -2.45. The molecule has 1 aromatic carbocycles. The van der Waals surface area contributed by atoms with E-state index in [1.54, 1.807) is 0 Å². The lowest BCUT2D eigenvalue weighted by molar-refractivity contribution is 0.0383. The summed E-state index contributed by atoms with van der Waals surface area (Å²) in [5.41, 5.74) is 7.63. The van der Waals surface area contributed by atoms with E-state index in [4.69, 9.17) is 5.73 Å². The summed E-state index contributed by atoms with van der Waals surface area (Å²) >= 11 is 0. The lowest BCUT2D eigenvalue weighted by atomic mass is 9.93. The summed E-state index contributed by atoms with van der Waals surface area (Å²) in [5.74, 6) is 0. The predicted octanol–water partition coefficient (Wildman–Crippen LogP) is 2.32. The molecule has 0 bridgehead atoms. The first kappa shape index (κ1) is 15.5. The Balaban J connectivity index is 1.86. The van der Waals surface area contributed by atoms with Crippen LogP contribution in [0.25, 0.3) is 0 Å². The molecule has 1 unspecified atom stereocenters. The highest BCUT2D eigenvalue weighted by Crippen LogP contribution is 2.22. The quantitative estimate of drug-likeness (QED) is 0.865. The van der Waals surface area contributed by atoms with Crippen molar-refractivity contribution in [2.24, 2.45) is 5.73 Å². The fourth-order valence-corrected chi connectivity index (χ4v) is 3.22. The zero-order valence-electron chi connectivity index (χ0n) is 13.0. The van der Waals surface area contributed by atoms with Crippen LogP contribution in [-0.4, -0.2) is 48.1 Å². The van der Waals surface area contributed by atoms with E-state index in [1.807, 2.05) is 0 Å². The fraction of sp³-hybridized carbons (Fsp3) is 0.647. The van der Waals surface area contributed by atoms with Crippen LogP contribution < -0.4 is 5.73 Å². The lowest BCUT2D eigenvalue weighted by Crippen LogP contribution is -2.58. The number of hydrogen-bond acceptors (Lipinski definition) is 3. The van der Waals surface area contributed by atoms with Crippen molar-refractivity contribution in [3.05, 3.63) is 35.9 Å². The molecule has 0 saturated carbocycles. The molecule has 1 atom stereocenters. The molecule has 2 rings (SSSR count). The average Bonchev–Trinajstić information content (AvgIpc) is 2.49. The largest absolute Gasteiger partial charge is 0.329 e. The molecule has 3 heteroatoms. The number of hydrogen-bond donors (Lipinski definition) is 1. The SMILES string of the molecule is CCCC(C)(CN)N1CCN(Cc2ccccc2)CC1. The summed E-state index contributed by atoms with van der Waals surface area (Å²) in [6.45, 7) is 11.0. The van der Waals surface area contributed by atoms with Gasteiger partial charge in [-0.3, -0.25) is 9.80 Å². The van der Waals surface area contributed by atoms with Gasteiger partial charge in [0.05, 0.1) is 0 Å². The summed E-state index contributed by atoms with van der Waals surface area (Å²) in [4.78, 5) is 5.15. The third-order valence-corrected chi connectivity index (χ3v) is 4.61. The molecule has 0 spiro atoms. The fourth-order valence-electron chi connectivity index (χ4n) is 3.22. The standard InChI is InChI=1S/C17H29N3/c1-3-9-17(2,15-18)20-12-10-19(11-13-20)14-16-7-5-4-6-8-16/h4-8H,3,9-15,18H2,1-2H3. The predicted molar refractivity (Wildman–Crippen MR) is 85.7 cm³/mol. The zero-order valence-corrected chi connectivity index (χ0v) is 13.0. The number of rotatable bonds is 6. The van der Waals surface area contributed by atoms with E-state index < -0.39 is 0 Å². The number of benzene rings is 1. The Hall–Kier alpha value is -0.900. The van der Waals surface area contributed by atoms with Gasteiger partial charge in [0.25, 0.3) is 0 Å². The van der Waals surface area contributed by atoms with E-state index in [0.29, 0.717) is 0 Å². The van der Waals surface area contributed by atoms with Crippen LogP contribution in [0.5, 0.6) is 0 Å². The van der Waals surface area contributed by atoms with Crippen molar-refractivity contribution < 1.29 is 0 Å². The van der Waals surface area contributed by atoms with Gasteiger partial charge in [-0.1, -0.05) is 43.7 Å². The normalized spacial score (nSPS) is 20.8. The number of nitrogens with zero attached hydrogens (tertiary/aromatic N) is 2. The van der Waals surface area contributed by atoms with Crippen molar-refractivity contribution in [1.29, 1.82) is 0 Å². The molecule has 1 aliphatic heterocycles. The van der Waals surface area contributed by atoms with Crippen molar-refractivity contribution in [3.8, 4) is 0 Å². The summed E-state index contributed by atoms with van der Waals surface area (Å²) < 4.78 is 0. The minimum Gasteiger partial charge on any atom is -0.329 e. The molecule has 1 aromatic rings. The maximum atomic E-state index is 6.03. The van der Waals surface area contributed by atoms with Crippen LogP contribution in [-0.2, 0) is 6.54 Å². The molecule has 1 saturated heterocycles. The van der Waals surface area contributed by atoms with Gasteiger partial charge >= 0.3 is 0 Å². The van der Waals surface area contributed by atoms with E-state index in [1.165, 1.54) is 18.4 Å². The van der Waals surface area contributed by atoms with Crippen LogP contribution in [0.4, 0.5) is 0 Å². The molecule has 0 aliphatic carbocycles. The van der Waals surface area contributed by atoms with Crippen molar-refractivity contribution in [2.75, 3.05) is 32.7 Å². The Labute approximate surface area is 123 Å². The Kier molecular flexibility index (Phi) is 5.58. The van der Waals surface area contributed by atoms with Gasteiger partial charge in [-0.15, -0.1) is 0 Å². The van der Waals surface area contributed by atoms with Crippen molar-refractivity contribution in [3.63, 3.8) is 0 Å². The molecule has 0 aromatic heterocycles. The van der Waals surface area contributed by atoms with E-state index in [2.05, 4.69) is 54.0 Å². The first-order valence-electron chi connectivity index (χ1n) is 7.89. The molecule has 0 amide bonds. The summed E-state index contributed by atoms with van der Waals surface area (Å²) in [7, 11) is 0. The molecule has 1 fully saturated rings. The topological polar surface area (TPSA) is 32.5 Å². The monoisotopic (exact) mass is 275 g/mol. The third kappa shape index (κ3) is 3.81. The highest BCUT2D eigenvalue weighted by Gasteiger charge is 2.31. The van der Waals surface area contributed by atoms with Crippen LogP contribution in [0.15, 0.2) is 30.3 Å². The molecule has 3 nitrogen and oxygen atoms in total. The van der Waals surface area contributed by atoms with Crippen molar-refractivity contribution >= 4 is 0 Å². The minimum atomic E-state index is 0.188. The van der Waals surface area contributed by atoms with Crippen LogP contribution in [0, 0.1) is 0 Å². The molecule has 0 radical (unpaired) electrons. The Bertz CT molecular complexity index is 384. The average molecular weight is 275 g/mol. The Morgan fingerprint density at radius 2 is 1.75 bits per heavy atom. The second-order valence-electron chi connectivity index (χ2n) is 6.20. The smallest absolute Gasteiger partial charge is 0.0304 e. The number of nitrogens with two attached hydrogens (primary N) is 1. The maximum Gasteiger partial charge on any atom is 0.0304 e. The number of piperazine rings is 1. The molecular formula is C17H29N3. The van der Waals surface area contributed by atoms with Gasteiger partial charge in [-0.05, 0) is 18.9 Å². The minimum absolute atomic E-state index is 0.188. The molecule has 1 aliphatic rings. The third-order valence-electron chi connectivity index (χ3n) is 4.61. The summed E-state index contributed by atoms with van der Waals surface area (Å²) in [6.07, 6.45) is 2.40. The molecule has 112 valence electrons. The van der Waals surface area contributed by atoms with Gasteiger partial charge in [0.1, 0.15) is 0 Å². The molecule has 2 N–H and O–H groups in total. The molecule has 1 heterocycles.